The van der Waals surface area contributed by atoms with Gasteiger partial charge in [0, 0.05) is 11.8 Å². The lowest BCUT2D eigenvalue weighted by Crippen LogP contribution is -2.35. The maximum atomic E-state index is 6.11. The molecule has 2 N–H and O–H groups in total. The second kappa shape index (κ2) is 6.96. The van der Waals surface area contributed by atoms with Gasteiger partial charge in [-0.25, -0.2) is 0 Å². The van der Waals surface area contributed by atoms with Gasteiger partial charge in [-0.3, -0.25) is 0 Å². The van der Waals surface area contributed by atoms with Gasteiger partial charge in [-0.05, 0) is 50.8 Å². The van der Waals surface area contributed by atoms with Gasteiger partial charge in [-0.1, -0.05) is 6.07 Å². The summed E-state index contributed by atoms with van der Waals surface area (Å²) in [6.07, 6.45) is 1.05. The zero-order valence-corrected chi connectivity index (χ0v) is 14.1. The van der Waals surface area contributed by atoms with Gasteiger partial charge in [0.25, 0.3) is 0 Å². The molecule has 0 unspecified atom stereocenters. The fraction of sp³-hybridized carbons (Fsp3) is 0.538. The lowest BCUT2D eigenvalue weighted by atomic mass is 10.3. The second-order valence-corrected chi connectivity index (χ2v) is 12.5. The highest BCUT2D eigenvalue weighted by Gasteiger charge is 2.22. The summed E-state index contributed by atoms with van der Waals surface area (Å²) in [6, 6.07) is 8.73. The minimum Gasteiger partial charge on any atom is -0.494 e. The van der Waals surface area contributed by atoms with E-state index in [2.05, 4.69) is 26.2 Å². The van der Waals surface area contributed by atoms with Crippen molar-refractivity contribution >= 4 is 23.0 Å². The summed E-state index contributed by atoms with van der Waals surface area (Å²) in [5.74, 6) is 0.855. The molecule has 1 aromatic carbocycles. The fourth-order valence-electron chi connectivity index (χ4n) is 1.99. The summed E-state index contributed by atoms with van der Waals surface area (Å²) < 4.78 is 11.8. The zero-order chi connectivity index (χ0) is 13.6. The van der Waals surface area contributed by atoms with Gasteiger partial charge < -0.3 is 14.6 Å². The molecule has 1 rings (SSSR count). The Hall–Kier alpha value is -0.786. The first-order valence-electron chi connectivity index (χ1n) is 6.55. The molecule has 0 bridgehead atoms. The molecule has 0 radical (unpaired) electrons. The third kappa shape index (κ3) is 6.23. The normalized spacial score (nSPS) is 11.8. The van der Waals surface area contributed by atoms with Gasteiger partial charge in [-0.15, -0.1) is 0 Å². The van der Waals surface area contributed by atoms with Gasteiger partial charge in [-0.2, -0.15) is 0 Å². The number of benzene rings is 1. The molecule has 0 heterocycles. The van der Waals surface area contributed by atoms with Crippen LogP contribution in [0.5, 0.6) is 5.75 Å². The van der Waals surface area contributed by atoms with Crippen LogP contribution < -0.4 is 10.5 Å². The molecule has 5 heteroatoms. The van der Waals surface area contributed by atoms with E-state index in [4.69, 9.17) is 14.6 Å². The van der Waals surface area contributed by atoms with E-state index in [1.807, 2.05) is 24.3 Å². The lowest BCUT2D eigenvalue weighted by Gasteiger charge is -2.25. The number of hydrogen-bond donors (Lipinski definition) is 1. The number of rotatable bonds is 7. The molecule has 0 saturated heterocycles. The predicted octanol–water partition coefficient (Wildman–Crippen LogP) is 3.24. The van der Waals surface area contributed by atoms with Crippen LogP contribution in [0, 0.1) is 0 Å². The highest BCUT2D eigenvalue weighted by Crippen LogP contribution is 2.17. The number of nitrogens with two attached hydrogens (primary N) is 1. The first-order valence-corrected chi connectivity index (χ1v) is 12.4. The van der Waals surface area contributed by atoms with E-state index in [1.165, 1.54) is 0 Å². The van der Waals surface area contributed by atoms with Crippen molar-refractivity contribution in [3.8, 4) is 5.75 Å². The highest BCUT2D eigenvalue weighted by molar-refractivity contribution is 6.77. The molecular weight excluding hydrogens is 258 g/mol. The average molecular weight is 284 g/mol. The topological polar surface area (TPSA) is 44.5 Å². The fourth-order valence-corrected chi connectivity index (χ4v) is 8.56. The van der Waals surface area contributed by atoms with E-state index in [0.717, 1.165) is 30.5 Å². The van der Waals surface area contributed by atoms with Crippen LogP contribution in [-0.2, 0) is 4.12 Å². The van der Waals surface area contributed by atoms with Gasteiger partial charge in [0.1, 0.15) is 5.75 Å². The third-order valence-corrected chi connectivity index (χ3v) is 8.60. The molecule has 3 nitrogen and oxygen atoms in total. The maximum absolute atomic E-state index is 6.11. The Morgan fingerprint density at radius 3 is 2.61 bits per heavy atom. The van der Waals surface area contributed by atoms with Gasteiger partial charge in [0.05, 0.1) is 6.61 Å². The summed E-state index contributed by atoms with van der Waals surface area (Å²) in [5, 5.41) is 0. The molecule has 0 saturated carbocycles. The van der Waals surface area contributed by atoms with E-state index in [0.29, 0.717) is 0 Å². The van der Waals surface area contributed by atoms with Crippen LogP contribution in [0.1, 0.15) is 6.42 Å². The van der Waals surface area contributed by atoms with Crippen molar-refractivity contribution in [1.82, 2.24) is 0 Å². The molecule has 0 atom stereocenters. The Morgan fingerprint density at radius 2 is 2.00 bits per heavy atom. The SMILES string of the molecule is C[SiH](C)O[Si](C)(C)CCCOc1cccc(N)c1. The van der Waals surface area contributed by atoms with Crippen LogP contribution in [0.2, 0.25) is 32.2 Å². The van der Waals surface area contributed by atoms with E-state index in [1.54, 1.807) is 0 Å². The van der Waals surface area contributed by atoms with Crippen molar-refractivity contribution in [2.75, 3.05) is 12.3 Å². The smallest absolute Gasteiger partial charge is 0.173 e. The minimum atomic E-state index is -1.46. The molecule has 0 aliphatic carbocycles. The number of nitrogen functional groups attached to an aromatic ring is 1. The first kappa shape index (κ1) is 15.3. The standard InChI is InChI=1S/C13H25NO2Si2/c1-17(2)16-18(3,4)10-6-9-15-13-8-5-7-12(14)11-13/h5,7-8,11,17H,6,9-10,14H2,1-4H3. The van der Waals surface area contributed by atoms with Crippen LogP contribution in [-0.4, -0.2) is 24.0 Å². The zero-order valence-electron chi connectivity index (χ0n) is 11.9. The lowest BCUT2D eigenvalue weighted by molar-refractivity contribution is 0.315. The van der Waals surface area contributed by atoms with Crippen molar-refractivity contribution in [2.45, 2.75) is 38.7 Å². The number of hydrogen-bond acceptors (Lipinski definition) is 3. The van der Waals surface area contributed by atoms with Crippen LogP contribution >= 0.6 is 0 Å². The van der Waals surface area contributed by atoms with E-state index >= 15 is 0 Å². The summed E-state index contributed by atoms with van der Waals surface area (Å²) in [7, 11) is -2.37. The van der Waals surface area contributed by atoms with Crippen molar-refractivity contribution in [3.63, 3.8) is 0 Å². The van der Waals surface area contributed by atoms with Gasteiger partial charge >= 0.3 is 0 Å². The Kier molecular flexibility index (Phi) is 5.91. The molecule has 0 aromatic heterocycles. The summed E-state index contributed by atoms with van der Waals surface area (Å²) in [6.45, 7) is 9.79. The van der Waals surface area contributed by atoms with Crippen molar-refractivity contribution < 1.29 is 8.85 Å². The van der Waals surface area contributed by atoms with Gasteiger partial charge in [0.15, 0.2) is 17.4 Å². The van der Waals surface area contributed by atoms with E-state index in [-0.39, 0.29) is 0 Å². The Balaban J connectivity index is 2.26. The molecule has 0 amide bonds. The largest absolute Gasteiger partial charge is 0.494 e. The van der Waals surface area contributed by atoms with Crippen molar-refractivity contribution in [1.29, 1.82) is 0 Å². The molecule has 18 heavy (non-hydrogen) atoms. The Labute approximate surface area is 113 Å². The molecular formula is C13H25NO2Si2. The molecule has 0 aliphatic rings. The van der Waals surface area contributed by atoms with Crippen LogP contribution in [0.15, 0.2) is 24.3 Å². The summed E-state index contributed by atoms with van der Waals surface area (Å²) in [4.78, 5) is 0. The van der Waals surface area contributed by atoms with E-state index < -0.39 is 17.4 Å². The minimum absolute atomic E-state index is 0.739. The van der Waals surface area contributed by atoms with Crippen LogP contribution in [0.3, 0.4) is 0 Å². The predicted molar refractivity (Wildman–Crippen MR) is 83.2 cm³/mol. The monoisotopic (exact) mass is 283 g/mol. The van der Waals surface area contributed by atoms with Crippen molar-refractivity contribution in [2.24, 2.45) is 0 Å². The molecule has 102 valence electrons. The maximum Gasteiger partial charge on any atom is 0.173 e. The molecule has 0 fully saturated rings. The number of ether oxygens (including phenoxy) is 1. The number of anilines is 1. The van der Waals surface area contributed by atoms with Crippen LogP contribution in [0.25, 0.3) is 0 Å². The molecule has 1 aromatic rings. The van der Waals surface area contributed by atoms with Gasteiger partial charge in [0.2, 0.25) is 0 Å². The van der Waals surface area contributed by atoms with Crippen LogP contribution in [0.4, 0.5) is 5.69 Å². The second-order valence-electron chi connectivity index (χ2n) is 5.45. The van der Waals surface area contributed by atoms with Crippen molar-refractivity contribution in [3.05, 3.63) is 24.3 Å². The summed E-state index contributed by atoms with van der Waals surface area (Å²) in [5.41, 5.74) is 6.44. The highest BCUT2D eigenvalue weighted by atomic mass is 28.4. The third-order valence-electron chi connectivity index (χ3n) is 2.60. The Bertz CT molecular complexity index is 370. The average Bonchev–Trinajstić information content (AvgIpc) is 2.23. The quantitative estimate of drug-likeness (QED) is 0.474. The summed E-state index contributed by atoms with van der Waals surface area (Å²) >= 11 is 0. The molecule has 0 spiro atoms. The first-order chi connectivity index (χ1) is 8.39. The Morgan fingerprint density at radius 1 is 1.28 bits per heavy atom. The molecule has 0 aliphatic heterocycles. The van der Waals surface area contributed by atoms with E-state index in [9.17, 15) is 0 Å².